The number of aliphatic imine (C=N–C) groups is 1. The Morgan fingerprint density at radius 1 is 1.25 bits per heavy atom. The summed E-state index contributed by atoms with van der Waals surface area (Å²) in [6.07, 6.45) is 3.33. The quantitative estimate of drug-likeness (QED) is 0.563. The number of rotatable bonds is 0. The minimum Gasteiger partial charge on any atom is -0.387 e. The molecule has 4 N–H and O–H groups in total. The summed E-state index contributed by atoms with van der Waals surface area (Å²) in [4.78, 5) is 11.9. The molecule has 2 heterocycles. The van der Waals surface area contributed by atoms with Crippen LogP contribution in [0.3, 0.4) is 0 Å². The standard InChI is InChI=1S/C7H9N5/c8-5-2-1-4-3-10-7(9)12-6(4)11-5/h3H,1-2H2,(H4,8,9,10,11,12). The first-order valence-corrected chi connectivity index (χ1v) is 3.70. The average molecular weight is 163 g/mol. The zero-order valence-electron chi connectivity index (χ0n) is 6.49. The highest BCUT2D eigenvalue weighted by molar-refractivity contribution is 5.84. The molecule has 0 fully saturated rings. The lowest BCUT2D eigenvalue weighted by molar-refractivity contribution is 0.952. The highest BCUT2D eigenvalue weighted by atomic mass is 15.1. The average Bonchev–Trinajstić information content (AvgIpc) is 2.03. The van der Waals surface area contributed by atoms with Gasteiger partial charge in [-0.05, 0) is 6.42 Å². The van der Waals surface area contributed by atoms with Crippen molar-refractivity contribution >= 4 is 17.6 Å². The first kappa shape index (κ1) is 7.02. The molecule has 0 amide bonds. The van der Waals surface area contributed by atoms with Crippen molar-refractivity contribution in [3.8, 4) is 0 Å². The summed E-state index contributed by atoms with van der Waals surface area (Å²) in [5.41, 5.74) is 12.0. The second kappa shape index (κ2) is 2.44. The molecule has 1 aliphatic heterocycles. The van der Waals surface area contributed by atoms with E-state index in [0.717, 1.165) is 18.4 Å². The number of hydrogen-bond donors (Lipinski definition) is 2. The molecule has 62 valence electrons. The second-order valence-corrected chi connectivity index (χ2v) is 2.68. The Labute approximate surface area is 69.5 Å². The zero-order chi connectivity index (χ0) is 8.55. The normalized spacial score (nSPS) is 15.2. The van der Waals surface area contributed by atoms with Gasteiger partial charge in [-0.15, -0.1) is 0 Å². The molecule has 5 heteroatoms. The van der Waals surface area contributed by atoms with E-state index in [9.17, 15) is 0 Å². The number of hydrogen-bond acceptors (Lipinski definition) is 5. The Kier molecular flexibility index (Phi) is 1.43. The van der Waals surface area contributed by atoms with Crippen molar-refractivity contribution in [2.24, 2.45) is 10.7 Å². The third-order valence-electron chi connectivity index (χ3n) is 1.76. The summed E-state index contributed by atoms with van der Waals surface area (Å²) in [7, 11) is 0. The minimum atomic E-state index is 0.243. The molecular weight excluding hydrogens is 154 g/mol. The van der Waals surface area contributed by atoms with Crippen LogP contribution in [0.1, 0.15) is 12.0 Å². The van der Waals surface area contributed by atoms with E-state index in [0.29, 0.717) is 11.7 Å². The van der Waals surface area contributed by atoms with Gasteiger partial charge in [-0.3, -0.25) is 0 Å². The van der Waals surface area contributed by atoms with Gasteiger partial charge >= 0.3 is 0 Å². The van der Waals surface area contributed by atoms with Crippen molar-refractivity contribution in [3.05, 3.63) is 11.8 Å². The van der Waals surface area contributed by atoms with E-state index in [1.807, 2.05) is 0 Å². The van der Waals surface area contributed by atoms with Gasteiger partial charge < -0.3 is 11.5 Å². The lowest BCUT2D eigenvalue weighted by atomic mass is 10.1. The number of aromatic nitrogens is 2. The fourth-order valence-electron chi connectivity index (χ4n) is 1.14. The SMILES string of the molecule is NC1=Nc2nc(N)ncc2CC1. The molecule has 0 aromatic carbocycles. The van der Waals surface area contributed by atoms with Crippen LogP contribution in [0.5, 0.6) is 0 Å². The van der Waals surface area contributed by atoms with Crippen molar-refractivity contribution < 1.29 is 0 Å². The summed E-state index contributed by atoms with van der Waals surface area (Å²) in [5.74, 6) is 1.47. The number of amidine groups is 1. The molecule has 0 saturated carbocycles. The van der Waals surface area contributed by atoms with Crippen LogP contribution in [0.4, 0.5) is 11.8 Å². The summed E-state index contributed by atoms with van der Waals surface area (Å²) in [6.45, 7) is 0. The van der Waals surface area contributed by atoms with E-state index >= 15 is 0 Å². The van der Waals surface area contributed by atoms with Gasteiger partial charge in [0.25, 0.3) is 0 Å². The van der Waals surface area contributed by atoms with Crippen molar-refractivity contribution in [2.75, 3.05) is 5.73 Å². The number of anilines is 1. The van der Waals surface area contributed by atoms with Crippen LogP contribution in [0.25, 0.3) is 0 Å². The van der Waals surface area contributed by atoms with Gasteiger partial charge in [-0.2, -0.15) is 4.98 Å². The number of fused-ring (bicyclic) bond motifs is 1. The fraction of sp³-hybridized carbons (Fsp3) is 0.286. The molecule has 1 aromatic rings. The number of nitrogens with zero attached hydrogens (tertiary/aromatic N) is 3. The van der Waals surface area contributed by atoms with Crippen LogP contribution >= 0.6 is 0 Å². The number of aryl methyl sites for hydroxylation is 1. The van der Waals surface area contributed by atoms with E-state index in [4.69, 9.17) is 11.5 Å². The van der Waals surface area contributed by atoms with Crippen molar-refractivity contribution in [3.63, 3.8) is 0 Å². The molecule has 0 saturated heterocycles. The maximum absolute atomic E-state index is 5.55. The van der Waals surface area contributed by atoms with Crippen molar-refractivity contribution in [1.82, 2.24) is 9.97 Å². The molecule has 0 bridgehead atoms. The lowest BCUT2D eigenvalue weighted by Gasteiger charge is -2.10. The van der Waals surface area contributed by atoms with E-state index in [1.165, 1.54) is 0 Å². The lowest BCUT2D eigenvalue weighted by Crippen LogP contribution is -2.16. The Hall–Kier alpha value is -1.65. The summed E-state index contributed by atoms with van der Waals surface area (Å²) >= 11 is 0. The Morgan fingerprint density at radius 2 is 2.08 bits per heavy atom. The molecule has 1 aromatic heterocycles. The Morgan fingerprint density at radius 3 is 2.92 bits per heavy atom. The Bertz CT molecular complexity index is 344. The molecule has 5 nitrogen and oxygen atoms in total. The topological polar surface area (TPSA) is 90.2 Å². The third kappa shape index (κ3) is 1.09. The molecule has 0 radical (unpaired) electrons. The van der Waals surface area contributed by atoms with E-state index < -0.39 is 0 Å². The summed E-state index contributed by atoms with van der Waals surface area (Å²) in [5, 5.41) is 0. The van der Waals surface area contributed by atoms with Crippen molar-refractivity contribution in [1.29, 1.82) is 0 Å². The van der Waals surface area contributed by atoms with Crippen molar-refractivity contribution in [2.45, 2.75) is 12.8 Å². The number of nitrogen functional groups attached to an aromatic ring is 1. The summed E-state index contributed by atoms with van der Waals surface area (Å²) < 4.78 is 0. The highest BCUT2D eigenvalue weighted by Gasteiger charge is 2.11. The van der Waals surface area contributed by atoms with Crippen LogP contribution in [-0.2, 0) is 6.42 Å². The predicted molar refractivity (Wildman–Crippen MR) is 46.0 cm³/mol. The monoisotopic (exact) mass is 163 g/mol. The first-order valence-electron chi connectivity index (χ1n) is 3.70. The molecular formula is C7H9N5. The van der Waals surface area contributed by atoms with Gasteiger partial charge in [0.05, 0.1) is 0 Å². The van der Waals surface area contributed by atoms with Gasteiger partial charge in [-0.25, -0.2) is 9.98 Å². The molecule has 1 aliphatic rings. The zero-order valence-corrected chi connectivity index (χ0v) is 6.49. The van der Waals surface area contributed by atoms with Gasteiger partial charge in [0, 0.05) is 18.2 Å². The highest BCUT2D eigenvalue weighted by Crippen LogP contribution is 2.21. The Balaban J connectivity index is 2.53. The van der Waals surface area contributed by atoms with Gasteiger partial charge in [0.15, 0.2) is 5.82 Å². The van der Waals surface area contributed by atoms with Crippen LogP contribution in [0.2, 0.25) is 0 Å². The molecule has 0 aliphatic carbocycles. The second-order valence-electron chi connectivity index (χ2n) is 2.68. The fourth-order valence-corrected chi connectivity index (χ4v) is 1.14. The van der Waals surface area contributed by atoms with E-state index in [-0.39, 0.29) is 5.95 Å². The molecule has 2 rings (SSSR count). The minimum absolute atomic E-state index is 0.243. The molecule has 0 spiro atoms. The number of nitrogens with two attached hydrogens (primary N) is 2. The van der Waals surface area contributed by atoms with Crippen LogP contribution in [-0.4, -0.2) is 15.8 Å². The van der Waals surface area contributed by atoms with Crippen LogP contribution in [0, 0.1) is 0 Å². The molecule has 0 atom stereocenters. The first-order chi connectivity index (χ1) is 5.75. The predicted octanol–water partition coefficient (Wildman–Crippen LogP) is -0.00630. The third-order valence-corrected chi connectivity index (χ3v) is 1.76. The van der Waals surface area contributed by atoms with E-state index in [2.05, 4.69) is 15.0 Å². The van der Waals surface area contributed by atoms with Gasteiger partial charge in [-0.1, -0.05) is 0 Å². The van der Waals surface area contributed by atoms with Gasteiger partial charge in [0.1, 0.15) is 5.84 Å². The van der Waals surface area contributed by atoms with E-state index in [1.54, 1.807) is 6.20 Å². The van der Waals surface area contributed by atoms with Gasteiger partial charge in [0.2, 0.25) is 5.95 Å². The largest absolute Gasteiger partial charge is 0.387 e. The van der Waals surface area contributed by atoms with Crippen LogP contribution < -0.4 is 11.5 Å². The smallest absolute Gasteiger partial charge is 0.222 e. The molecule has 12 heavy (non-hydrogen) atoms. The maximum Gasteiger partial charge on any atom is 0.222 e. The summed E-state index contributed by atoms with van der Waals surface area (Å²) in [6, 6.07) is 0. The van der Waals surface area contributed by atoms with Crippen LogP contribution in [0.15, 0.2) is 11.2 Å². The molecule has 0 unspecified atom stereocenters. The maximum atomic E-state index is 5.55.